The molecule has 1 aromatic heterocycles. The van der Waals surface area contributed by atoms with Crippen LogP contribution in [0.25, 0.3) is 0 Å². The van der Waals surface area contributed by atoms with E-state index in [0.717, 1.165) is 36.3 Å². The lowest BCUT2D eigenvalue weighted by Crippen LogP contribution is -2.30. The van der Waals surface area contributed by atoms with E-state index < -0.39 is 10.0 Å². The molecule has 1 atom stereocenters. The fourth-order valence-corrected chi connectivity index (χ4v) is 4.90. The molecule has 5 nitrogen and oxygen atoms in total. The van der Waals surface area contributed by atoms with Crippen molar-refractivity contribution in [2.75, 3.05) is 18.4 Å². The maximum absolute atomic E-state index is 13.1. The van der Waals surface area contributed by atoms with Crippen molar-refractivity contribution in [1.82, 2.24) is 9.29 Å². The highest BCUT2D eigenvalue weighted by Gasteiger charge is 2.36. The van der Waals surface area contributed by atoms with Crippen LogP contribution in [0.15, 0.2) is 47.5 Å². The molecule has 26 heavy (non-hydrogen) atoms. The predicted molar refractivity (Wildman–Crippen MR) is 105 cm³/mol. The van der Waals surface area contributed by atoms with Gasteiger partial charge in [0.15, 0.2) is 0 Å². The minimum absolute atomic E-state index is 0.145. The van der Waals surface area contributed by atoms with Gasteiger partial charge in [-0.2, -0.15) is 4.31 Å². The molecule has 0 spiro atoms. The number of nitrogens with zero attached hydrogens (tertiary/aromatic N) is 2. The van der Waals surface area contributed by atoms with E-state index in [1.165, 1.54) is 0 Å². The quantitative estimate of drug-likeness (QED) is 0.832. The zero-order chi connectivity index (χ0) is 18.7. The van der Waals surface area contributed by atoms with E-state index in [1.54, 1.807) is 22.6 Å². The van der Waals surface area contributed by atoms with Crippen LogP contribution in [0.3, 0.4) is 0 Å². The van der Waals surface area contributed by atoms with E-state index in [0.29, 0.717) is 17.4 Å². The molecule has 0 bridgehead atoms. The van der Waals surface area contributed by atoms with Crippen molar-refractivity contribution in [1.29, 1.82) is 0 Å². The Balaban J connectivity index is 1.80. The highest BCUT2D eigenvalue weighted by atomic mass is 32.2. The van der Waals surface area contributed by atoms with Crippen LogP contribution in [-0.2, 0) is 10.0 Å². The molecule has 0 amide bonds. The van der Waals surface area contributed by atoms with E-state index >= 15 is 0 Å². The number of aryl methyl sites for hydroxylation is 1. The Morgan fingerprint density at radius 1 is 1.19 bits per heavy atom. The summed E-state index contributed by atoms with van der Waals surface area (Å²) >= 11 is 0. The lowest BCUT2D eigenvalue weighted by Gasteiger charge is -2.24. The van der Waals surface area contributed by atoms with Crippen LogP contribution < -0.4 is 5.32 Å². The van der Waals surface area contributed by atoms with Crippen molar-refractivity contribution in [2.24, 2.45) is 5.92 Å². The standard InChI is InChI=1S/C20H27N3O2S/c1-15(2)13-21-20-11-8-17(14-22-20)19-5-4-12-23(19)26(24,25)18-9-6-16(3)7-10-18/h6-11,14-15,19H,4-5,12-13H2,1-3H3,(H,21,22). The molecule has 1 aliphatic heterocycles. The molecule has 1 unspecified atom stereocenters. The van der Waals surface area contributed by atoms with Crippen molar-refractivity contribution >= 4 is 15.8 Å². The van der Waals surface area contributed by atoms with Gasteiger partial charge in [0.05, 0.1) is 10.9 Å². The lowest BCUT2D eigenvalue weighted by atomic mass is 10.1. The number of rotatable bonds is 6. The van der Waals surface area contributed by atoms with Crippen LogP contribution in [-0.4, -0.2) is 30.8 Å². The number of benzene rings is 1. The molecular weight excluding hydrogens is 346 g/mol. The van der Waals surface area contributed by atoms with Crippen LogP contribution in [0, 0.1) is 12.8 Å². The van der Waals surface area contributed by atoms with Crippen molar-refractivity contribution in [2.45, 2.75) is 44.6 Å². The Morgan fingerprint density at radius 2 is 1.92 bits per heavy atom. The van der Waals surface area contributed by atoms with Gasteiger partial charge in [-0.15, -0.1) is 0 Å². The van der Waals surface area contributed by atoms with Gasteiger partial charge in [-0.25, -0.2) is 13.4 Å². The fraction of sp³-hybridized carbons (Fsp3) is 0.450. The Bertz CT molecular complexity index is 830. The van der Waals surface area contributed by atoms with Gasteiger partial charge in [0.2, 0.25) is 10.0 Å². The number of pyridine rings is 1. The molecule has 1 saturated heterocycles. The number of sulfonamides is 1. The van der Waals surface area contributed by atoms with Gasteiger partial charge in [-0.1, -0.05) is 37.6 Å². The van der Waals surface area contributed by atoms with Gasteiger partial charge >= 0.3 is 0 Å². The Kier molecular flexibility index (Phi) is 5.63. The number of hydrogen-bond donors (Lipinski definition) is 1. The van der Waals surface area contributed by atoms with Gasteiger partial charge < -0.3 is 5.32 Å². The second-order valence-electron chi connectivity index (χ2n) is 7.34. The largest absolute Gasteiger partial charge is 0.370 e. The molecular formula is C20H27N3O2S. The topological polar surface area (TPSA) is 62.3 Å². The average Bonchev–Trinajstić information content (AvgIpc) is 3.11. The minimum atomic E-state index is -3.49. The maximum atomic E-state index is 13.1. The Morgan fingerprint density at radius 3 is 2.54 bits per heavy atom. The van der Waals surface area contributed by atoms with E-state index in [-0.39, 0.29) is 6.04 Å². The first-order valence-electron chi connectivity index (χ1n) is 9.16. The number of nitrogens with one attached hydrogen (secondary N) is 1. The monoisotopic (exact) mass is 373 g/mol. The number of hydrogen-bond acceptors (Lipinski definition) is 4. The van der Waals surface area contributed by atoms with E-state index in [2.05, 4.69) is 24.1 Å². The van der Waals surface area contributed by atoms with Gasteiger partial charge in [-0.3, -0.25) is 0 Å². The summed E-state index contributed by atoms with van der Waals surface area (Å²) in [6.45, 7) is 7.66. The zero-order valence-corrected chi connectivity index (χ0v) is 16.5. The van der Waals surface area contributed by atoms with Gasteiger partial charge in [-0.05, 0) is 49.4 Å². The lowest BCUT2D eigenvalue weighted by molar-refractivity contribution is 0.396. The van der Waals surface area contributed by atoms with Crippen molar-refractivity contribution in [3.05, 3.63) is 53.7 Å². The summed E-state index contributed by atoms with van der Waals surface area (Å²) in [5.74, 6) is 1.37. The highest BCUT2D eigenvalue weighted by molar-refractivity contribution is 7.89. The minimum Gasteiger partial charge on any atom is -0.370 e. The molecule has 6 heteroatoms. The van der Waals surface area contributed by atoms with Crippen molar-refractivity contribution in [3.8, 4) is 0 Å². The summed E-state index contributed by atoms with van der Waals surface area (Å²) in [5.41, 5.74) is 2.00. The predicted octanol–water partition coefficient (Wildman–Crippen LogP) is 3.98. The maximum Gasteiger partial charge on any atom is 0.243 e. The molecule has 2 heterocycles. The van der Waals surface area contributed by atoms with Crippen molar-refractivity contribution < 1.29 is 8.42 Å². The molecule has 1 aliphatic rings. The van der Waals surface area contributed by atoms with E-state index in [4.69, 9.17) is 0 Å². The Labute approximate surface area is 156 Å². The van der Waals surface area contributed by atoms with Crippen LogP contribution in [0.1, 0.15) is 43.9 Å². The highest BCUT2D eigenvalue weighted by Crippen LogP contribution is 2.36. The molecule has 3 rings (SSSR count). The number of aromatic nitrogens is 1. The number of anilines is 1. The van der Waals surface area contributed by atoms with Gasteiger partial charge in [0.1, 0.15) is 5.82 Å². The molecule has 0 saturated carbocycles. The second kappa shape index (κ2) is 7.76. The van der Waals surface area contributed by atoms with E-state index in [9.17, 15) is 8.42 Å². The van der Waals surface area contributed by atoms with Crippen LogP contribution in [0.2, 0.25) is 0 Å². The normalized spacial score (nSPS) is 18.4. The molecule has 1 N–H and O–H groups in total. The average molecular weight is 374 g/mol. The Hall–Kier alpha value is -1.92. The summed E-state index contributed by atoms with van der Waals surface area (Å²) in [6.07, 6.45) is 3.49. The molecule has 1 fully saturated rings. The molecule has 0 aliphatic carbocycles. The fourth-order valence-electron chi connectivity index (χ4n) is 3.22. The van der Waals surface area contributed by atoms with Gasteiger partial charge in [0.25, 0.3) is 0 Å². The summed E-state index contributed by atoms with van der Waals surface area (Å²) < 4.78 is 27.8. The van der Waals surface area contributed by atoms with Crippen LogP contribution in [0.4, 0.5) is 5.82 Å². The molecule has 0 radical (unpaired) electrons. The molecule has 1 aromatic carbocycles. The summed E-state index contributed by atoms with van der Waals surface area (Å²) in [5, 5.41) is 3.29. The first-order chi connectivity index (χ1) is 12.4. The smallest absolute Gasteiger partial charge is 0.243 e. The van der Waals surface area contributed by atoms with Gasteiger partial charge in [0, 0.05) is 19.3 Å². The third kappa shape index (κ3) is 4.07. The summed E-state index contributed by atoms with van der Waals surface area (Å²) in [7, 11) is -3.49. The van der Waals surface area contributed by atoms with Crippen LogP contribution in [0.5, 0.6) is 0 Å². The SMILES string of the molecule is Cc1ccc(S(=O)(=O)N2CCCC2c2ccc(NCC(C)C)nc2)cc1. The third-order valence-corrected chi connectivity index (χ3v) is 6.62. The zero-order valence-electron chi connectivity index (χ0n) is 15.6. The van der Waals surface area contributed by atoms with E-state index in [1.807, 2.05) is 31.2 Å². The third-order valence-electron chi connectivity index (χ3n) is 4.69. The first kappa shape index (κ1) is 18.9. The summed E-state index contributed by atoms with van der Waals surface area (Å²) in [6, 6.07) is 10.8. The molecule has 140 valence electrons. The second-order valence-corrected chi connectivity index (χ2v) is 9.23. The summed E-state index contributed by atoms with van der Waals surface area (Å²) in [4.78, 5) is 4.82. The van der Waals surface area contributed by atoms with Crippen molar-refractivity contribution in [3.63, 3.8) is 0 Å². The van der Waals surface area contributed by atoms with Crippen LogP contribution >= 0.6 is 0 Å². The first-order valence-corrected chi connectivity index (χ1v) is 10.6. The molecule has 2 aromatic rings.